The predicted molar refractivity (Wildman–Crippen MR) is 66.0 cm³/mol. The van der Waals surface area contributed by atoms with Crippen LogP contribution >= 0.6 is 0 Å². The summed E-state index contributed by atoms with van der Waals surface area (Å²) in [6.07, 6.45) is 8.73. The van der Waals surface area contributed by atoms with Crippen LogP contribution in [0.3, 0.4) is 0 Å². The van der Waals surface area contributed by atoms with Crippen LogP contribution < -0.4 is 0 Å². The molecule has 1 unspecified atom stereocenters. The van der Waals surface area contributed by atoms with Gasteiger partial charge < -0.3 is 0 Å². The van der Waals surface area contributed by atoms with Gasteiger partial charge in [-0.05, 0) is 30.5 Å². The zero-order valence-electron chi connectivity index (χ0n) is 9.48. The van der Waals surface area contributed by atoms with Gasteiger partial charge in [0, 0.05) is 5.92 Å². The molecule has 0 saturated carbocycles. The van der Waals surface area contributed by atoms with Gasteiger partial charge in [-0.2, -0.15) is 5.26 Å². The Morgan fingerprint density at radius 1 is 1.31 bits per heavy atom. The highest BCUT2D eigenvalue weighted by Gasteiger charge is 2.15. The lowest BCUT2D eigenvalue weighted by molar-refractivity contribution is 0.761. The van der Waals surface area contributed by atoms with Crippen LogP contribution in [0.4, 0.5) is 0 Å². The highest BCUT2D eigenvalue weighted by atomic mass is 14.2. The molecule has 0 amide bonds. The summed E-state index contributed by atoms with van der Waals surface area (Å²) in [5, 5.41) is 8.76. The van der Waals surface area contributed by atoms with Crippen molar-refractivity contribution in [3.63, 3.8) is 0 Å². The first-order chi connectivity index (χ1) is 7.85. The molecule has 0 spiro atoms. The average molecular weight is 209 g/mol. The third-order valence-electron chi connectivity index (χ3n) is 3.12. The minimum Gasteiger partial charge on any atom is -0.192 e. The number of hydrogen-bond acceptors (Lipinski definition) is 1. The number of benzene rings is 1. The largest absolute Gasteiger partial charge is 0.192 e. The summed E-state index contributed by atoms with van der Waals surface area (Å²) < 4.78 is 0. The van der Waals surface area contributed by atoms with Crippen LogP contribution in [0.25, 0.3) is 0 Å². The van der Waals surface area contributed by atoms with E-state index in [1.165, 1.54) is 11.1 Å². The Balaban J connectivity index is 2.27. The van der Waals surface area contributed by atoms with Crippen LogP contribution in [0.1, 0.15) is 36.8 Å². The Hall–Kier alpha value is -1.81. The molecule has 0 aliphatic heterocycles. The Morgan fingerprint density at radius 2 is 2.06 bits per heavy atom. The van der Waals surface area contributed by atoms with Gasteiger partial charge in [0.25, 0.3) is 0 Å². The molecule has 1 aromatic rings. The van der Waals surface area contributed by atoms with Gasteiger partial charge in [0.1, 0.15) is 0 Å². The molecule has 1 aliphatic rings. The number of nitriles is 1. The third kappa shape index (κ3) is 2.06. The summed E-state index contributed by atoms with van der Waals surface area (Å²) in [5.41, 5.74) is 3.53. The van der Waals surface area contributed by atoms with E-state index in [1.807, 2.05) is 12.1 Å². The minimum absolute atomic E-state index is 0.503. The fourth-order valence-electron chi connectivity index (χ4n) is 2.18. The lowest BCUT2D eigenvalue weighted by atomic mass is 9.84. The maximum Gasteiger partial charge on any atom is 0.0991 e. The van der Waals surface area contributed by atoms with Crippen LogP contribution in [0.15, 0.2) is 48.1 Å². The smallest absolute Gasteiger partial charge is 0.0991 e. The van der Waals surface area contributed by atoms with Crippen molar-refractivity contribution >= 4 is 0 Å². The van der Waals surface area contributed by atoms with Crippen LogP contribution in [-0.2, 0) is 0 Å². The van der Waals surface area contributed by atoms with Crippen molar-refractivity contribution in [3.05, 3.63) is 59.2 Å². The van der Waals surface area contributed by atoms with E-state index in [1.54, 1.807) is 0 Å². The van der Waals surface area contributed by atoms with Gasteiger partial charge in [0.2, 0.25) is 0 Å². The van der Waals surface area contributed by atoms with Gasteiger partial charge in [-0.15, -0.1) is 0 Å². The van der Waals surface area contributed by atoms with Crippen molar-refractivity contribution in [2.45, 2.75) is 25.7 Å². The number of rotatable bonds is 2. The van der Waals surface area contributed by atoms with Crippen molar-refractivity contribution in [2.24, 2.45) is 0 Å². The highest BCUT2D eigenvalue weighted by Crippen LogP contribution is 2.32. The van der Waals surface area contributed by atoms with Crippen molar-refractivity contribution in [2.75, 3.05) is 0 Å². The molecular weight excluding hydrogens is 194 g/mol. The van der Waals surface area contributed by atoms with Crippen LogP contribution in [0.5, 0.6) is 0 Å². The summed E-state index contributed by atoms with van der Waals surface area (Å²) >= 11 is 0. The zero-order chi connectivity index (χ0) is 11.4. The molecule has 80 valence electrons. The summed E-state index contributed by atoms with van der Waals surface area (Å²) in [7, 11) is 0. The van der Waals surface area contributed by atoms with Crippen LogP contribution in [0.2, 0.25) is 0 Å². The molecule has 0 N–H and O–H groups in total. The number of hydrogen-bond donors (Lipinski definition) is 0. The molecule has 0 bridgehead atoms. The summed E-state index contributed by atoms with van der Waals surface area (Å²) in [4.78, 5) is 0. The molecule has 1 nitrogen and oxygen atoms in total. The van der Waals surface area contributed by atoms with E-state index in [0.29, 0.717) is 5.92 Å². The van der Waals surface area contributed by atoms with Gasteiger partial charge in [-0.1, -0.05) is 42.9 Å². The normalized spacial score (nSPS) is 19.0. The Labute approximate surface area is 96.7 Å². The first kappa shape index (κ1) is 10.7. The summed E-state index contributed by atoms with van der Waals surface area (Å²) in [5.74, 6) is 0.503. The second-order valence-electron chi connectivity index (χ2n) is 4.05. The van der Waals surface area contributed by atoms with Gasteiger partial charge in [0.15, 0.2) is 0 Å². The molecule has 0 fully saturated rings. The Kier molecular flexibility index (Phi) is 3.22. The molecule has 0 heterocycles. The van der Waals surface area contributed by atoms with E-state index in [0.717, 1.165) is 18.4 Å². The van der Waals surface area contributed by atoms with E-state index in [2.05, 4.69) is 43.4 Å². The van der Waals surface area contributed by atoms with Gasteiger partial charge in [-0.3, -0.25) is 0 Å². The van der Waals surface area contributed by atoms with Crippen molar-refractivity contribution in [1.29, 1.82) is 5.26 Å². The second-order valence-corrected chi connectivity index (χ2v) is 4.05. The van der Waals surface area contributed by atoms with Gasteiger partial charge in [-0.25, -0.2) is 0 Å². The third-order valence-corrected chi connectivity index (χ3v) is 3.12. The molecular formula is C15H15N. The van der Waals surface area contributed by atoms with Gasteiger partial charge in [0.05, 0.1) is 11.6 Å². The Bertz CT molecular complexity index is 457. The first-order valence-electron chi connectivity index (χ1n) is 5.70. The molecule has 1 heteroatoms. The van der Waals surface area contributed by atoms with Crippen molar-refractivity contribution in [3.8, 4) is 6.07 Å². The molecule has 0 radical (unpaired) electrons. The minimum atomic E-state index is 0.503. The Morgan fingerprint density at radius 3 is 2.69 bits per heavy atom. The number of nitrogens with zero attached hydrogens (tertiary/aromatic N) is 1. The second kappa shape index (κ2) is 4.81. The fraction of sp³-hybridized carbons (Fsp3) is 0.267. The highest BCUT2D eigenvalue weighted by molar-refractivity contribution is 5.38. The predicted octanol–water partition coefficient (Wildman–Crippen LogP) is 3.94. The SMILES string of the molecule is CCC1=CC=CCC1c1ccc(C#N)cc1. The van der Waals surface area contributed by atoms with E-state index < -0.39 is 0 Å². The van der Waals surface area contributed by atoms with Crippen molar-refractivity contribution in [1.82, 2.24) is 0 Å². The molecule has 0 saturated heterocycles. The molecule has 0 aromatic heterocycles. The van der Waals surface area contributed by atoms with Crippen LogP contribution in [0, 0.1) is 11.3 Å². The lowest BCUT2D eigenvalue weighted by Crippen LogP contribution is -2.03. The van der Waals surface area contributed by atoms with E-state index >= 15 is 0 Å². The number of allylic oxidation sites excluding steroid dienone is 4. The zero-order valence-corrected chi connectivity index (χ0v) is 9.48. The fourth-order valence-corrected chi connectivity index (χ4v) is 2.18. The van der Waals surface area contributed by atoms with E-state index in [4.69, 9.17) is 5.26 Å². The average Bonchev–Trinajstić information content (AvgIpc) is 2.39. The quantitative estimate of drug-likeness (QED) is 0.723. The molecule has 1 aromatic carbocycles. The molecule has 1 aliphatic carbocycles. The molecule has 2 rings (SSSR count). The summed E-state index contributed by atoms with van der Waals surface area (Å²) in [6.45, 7) is 2.20. The molecule has 16 heavy (non-hydrogen) atoms. The maximum atomic E-state index is 8.76. The maximum absolute atomic E-state index is 8.76. The topological polar surface area (TPSA) is 23.8 Å². The van der Waals surface area contributed by atoms with E-state index in [-0.39, 0.29) is 0 Å². The monoisotopic (exact) mass is 209 g/mol. The lowest BCUT2D eigenvalue weighted by Gasteiger charge is -2.21. The standard InChI is InChI=1S/C15H15N/c1-2-13-5-3-4-6-15(13)14-9-7-12(11-16)8-10-14/h3-5,7-10,15H,2,6H2,1H3. The van der Waals surface area contributed by atoms with Crippen molar-refractivity contribution < 1.29 is 0 Å². The summed E-state index contributed by atoms with van der Waals surface area (Å²) in [6, 6.07) is 10.1. The molecule has 1 atom stereocenters. The first-order valence-corrected chi connectivity index (χ1v) is 5.70. The van der Waals surface area contributed by atoms with E-state index in [9.17, 15) is 0 Å². The van der Waals surface area contributed by atoms with Crippen LogP contribution in [-0.4, -0.2) is 0 Å². The van der Waals surface area contributed by atoms with Gasteiger partial charge >= 0.3 is 0 Å².